The van der Waals surface area contributed by atoms with E-state index in [1.54, 1.807) is 6.92 Å². The molecule has 15 heavy (non-hydrogen) atoms. The van der Waals surface area contributed by atoms with Gasteiger partial charge in [-0.25, -0.2) is 0 Å². The molecule has 0 saturated carbocycles. The molecule has 0 aromatic heterocycles. The third-order valence-corrected chi connectivity index (χ3v) is 2.89. The lowest BCUT2D eigenvalue weighted by molar-refractivity contribution is -0.113. The van der Waals surface area contributed by atoms with Crippen LogP contribution >= 0.6 is 27.5 Å². The minimum atomic E-state index is -0.140. The zero-order valence-corrected chi connectivity index (χ0v) is 10.8. The fraction of sp³-hybridized carbons (Fsp3) is 0.182. The van der Waals surface area contributed by atoms with Crippen LogP contribution < -0.4 is 5.32 Å². The van der Waals surface area contributed by atoms with E-state index >= 15 is 0 Å². The van der Waals surface area contributed by atoms with Crippen molar-refractivity contribution in [1.82, 2.24) is 0 Å². The van der Waals surface area contributed by atoms with E-state index in [0.717, 1.165) is 10.2 Å². The highest BCUT2D eigenvalue weighted by atomic mass is 79.9. The van der Waals surface area contributed by atoms with E-state index in [1.165, 1.54) is 6.92 Å². The number of ketones is 1. The largest absolute Gasteiger partial charge is 0.358 e. The highest BCUT2D eigenvalue weighted by Gasteiger charge is 2.04. The Labute approximate surface area is 102 Å². The van der Waals surface area contributed by atoms with Gasteiger partial charge in [0.05, 0.1) is 0 Å². The van der Waals surface area contributed by atoms with Gasteiger partial charge in [-0.1, -0.05) is 27.5 Å². The molecule has 4 heteroatoms. The molecule has 0 aliphatic rings. The van der Waals surface area contributed by atoms with Gasteiger partial charge in [0.2, 0.25) is 0 Å². The van der Waals surface area contributed by atoms with Crippen LogP contribution in [0.25, 0.3) is 0 Å². The Kier molecular flexibility index (Phi) is 4.36. The van der Waals surface area contributed by atoms with E-state index in [2.05, 4.69) is 21.2 Å². The molecule has 0 saturated heterocycles. The van der Waals surface area contributed by atoms with Gasteiger partial charge in [-0.3, -0.25) is 4.79 Å². The minimum absolute atomic E-state index is 0.140. The monoisotopic (exact) mass is 287 g/mol. The van der Waals surface area contributed by atoms with Gasteiger partial charge >= 0.3 is 0 Å². The van der Waals surface area contributed by atoms with Crippen LogP contribution in [0.15, 0.2) is 39.5 Å². The highest BCUT2D eigenvalue weighted by Crippen LogP contribution is 2.18. The van der Waals surface area contributed by atoms with Crippen LogP contribution in [-0.2, 0) is 4.79 Å². The normalized spacial score (nSPS) is 12.0. The highest BCUT2D eigenvalue weighted by molar-refractivity contribution is 9.10. The van der Waals surface area contributed by atoms with E-state index in [1.807, 2.05) is 24.3 Å². The van der Waals surface area contributed by atoms with Gasteiger partial charge in [-0.15, -0.1) is 0 Å². The molecule has 1 N–H and O–H groups in total. The van der Waals surface area contributed by atoms with Crippen molar-refractivity contribution in [2.24, 2.45) is 0 Å². The quantitative estimate of drug-likeness (QED) is 0.854. The molecular formula is C11H11BrClNO. The molecule has 2 nitrogen and oxygen atoms in total. The van der Waals surface area contributed by atoms with Crippen LogP contribution in [0.5, 0.6) is 0 Å². The van der Waals surface area contributed by atoms with E-state index in [-0.39, 0.29) is 10.8 Å². The topological polar surface area (TPSA) is 29.1 Å². The lowest BCUT2D eigenvalue weighted by Crippen LogP contribution is -2.02. The number of rotatable bonds is 3. The van der Waals surface area contributed by atoms with Crippen molar-refractivity contribution in [3.63, 3.8) is 0 Å². The van der Waals surface area contributed by atoms with Gasteiger partial charge in [0.15, 0.2) is 5.78 Å². The zero-order chi connectivity index (χ0) is 11.4. The molecule has 1 rings (SSSR count). The molecule has 1 aromatic rings. The fourth-order valence-corrected chi connectivity index (χ4v) is 1.38. The second kappa shape index (κ2) is 5.33. The zero-order valence-electron chi connectivity index (χ0n) is 8.47. The number of hydrogen-bond acceptors (Lipinski definition) is 2. The SMILES string of the molecule is CC(=O)C(Cl)=C(C)Nc1ccc(Br)cc1. The van der Waals surface area contributed by atoms with Crippen LogP contribution in [0, 0.1) is 0 Å². The molecule has 0 aliphatic heterocycles. The summed E-state index contributed by atoms with van der Waals surface area (Å²) >= 11 is 9.15. The summed E-state index contributed by atoms with van der Waals surface area (Å²) < 4.78 is 1.01. The van der Waals surface area contributed by atoms with E-state index < -0.39 is 0 Å². The van der Waals surface area contributed by atoms with Crippen molar-refractivity contribution < 1.29 is 4.79 Å². The predicted octanol–water partition coefficient (Wildman–Crippen LogP) is 3.92. The van der Waals surface area contributed by atoms with Crippen LogP contribution in [-0.4, -0.2) is 5.78 Å². The van der Waals surface area contributed by atoms with Crippen LogP contribution in [0.3, 0.4) is 0 Å². The third kappa shape index (κ3) is 3.68. The number of carbonyl (C=O) groups is 1. The van der Waals surface area contributed by atoms with Gasteiger partial charge in [0.25, 0.3) is 0 Å². The number of Topliss-reactive ketones (excluding diaryl/α,β-unsaturated/α-hetero) is 1. The number of nitrogens with one attached hydrogen (secondary N) is 1. The Balaban J connectivity index is 2.83. The Morgan fingerprint density at radius 3 is 2.27 bits per heavy atom. The van der Waals surface area contributed by atoms with Gasteiger partial charge in [0.1, 0.15) is 5.03 Å². The smallest absolute Gasteiger partial charge is 0.172 e. The van der Waals surface area contributed by atoms with Crippen molar-refractivity contribution in [2.75, 3.05) is 5.32 Å². The standard InChI is InChI=1S/C11H11BrClNO/c1-7(11(13)8(2)15)14-10-5-3-9(12)4-6-10/h3-6,14H,1-2H3. The summed E-state index contributed by atoms with van der Waals surface area (Å²) in [6.45, 7) is 3.21. The summed E-state index contributed by atoms with van der Waals surface area (Å²) in [5, 5.41) is 3.29. The molecule has 0 spiro atoms. The first-order chi connectivity index (χ1) is 7.00. The number of halogens is 2. The van der Waals surface area contributed by atoms with Crippen LogP contribution in [0.2, 0.25) is 0 Å². The van der Waals surface area contributed by atoms with Crippen LogP contribution in [0.1, 0.15) is 13.8 Å². The molecule has 0 amide bonds. The Hall–Kier alpha value is -0.800. The minimum Gasteiger partial charge on any atom is -0.358 e. The molecule has 0 heterocycles. The average molecular weight is 289 g/mol. The molecule has 0 radical (unpaired) electrons. The first-order valence-corrected chi connectivity index (χ1v) is 5.57. The second-order valence-corrected chi connectivity index (χ2v) is 4.42. The summed E-state index contributed by atoms with van der Waals surface area (Å²) in [7, 11) is 0. The molecule has 0 fully saturated rings. The molecule has 0 unspecified atom stereocenters. The van der Waals surface area contributed by atoms with Crippen LogP contribution in [0.4, 0.5) is 5.69 Å². The van der Waals surface area contributed by atoms with Crippen molar-refractivity contribution in [2.45, 2.75) is 13.8 Å². The van der Waals surface area contributed by atoms with E-state index in [0.29, 0.717) is 5.70 Å². The van der Waals surface area contributed by atoms with E-state index in [4.69, 9.17) is 11.6 Å². The van der Waals surface area contributed by atoms with Crippen molar-refractivity contribution >= 4 is 39.0 Å². The van der Waals surface area contributed by atoms with Crippen molar-refractivity contribution in [3.8, 4) is 0 Å². The summed E-state index contributed by atoms with van der Waals surface area (Å²) in [6, 6.07) is 7.63. The first-order valence-electron chi connectivity index (χ1n) is 4.40. The average Bonchev–Trinajstić information content (AvgIpc) is 2.20. The van der Waals surface area contributed by atoms with Gasteiger partial charge in [0, 0.05) is 22.8 Å². The Morgan fingerprint density at radius 1 is 1.27 bits per heavy atom. The lowest BCUT2D eigenvalue weighted by atomic mass is 10.3. The van der Waals surface area contributed by atoms with E-state index in [9.17, 15) is 4.79 Å². The van der Waals surface area contributed by atoms with Gasteiger partial charge in [-0.2, -0.15) is 0 Å². The number of carbonyl (C=O) groups excluding carboxylic acids is 1. The number of hydrogen-bond donors (Lipinski definition) is 1. The summed E-state index contributed by atoms with van der Waals surface area (Å²) in [5.74, 6) is -0.140. The lowest BCUT2D eigenvalue weighted by Gasteiger charge is -2.07. The third-order valence-electron chi connectivity index (χ3n) is 1.81. The Bertz CT molecular complexity index is 398. The summed E-state index contributed by atoms with van der Waals surface area (Å²) in [4.78, 5) is 11.0. The maximum Gasteiger partial charge on any atom is 0.172 e. The maximum absolute atomic E-state index is 11.0. The fourth-order valence-electron chi connectivity index (χ4n) is 1.07. The molecule has 0 bridgehead atoms. The maximum atomic E-state index is 11.0. The Morgan fingerprint density at radius 2 is 1.80 bits per heavy atom. The molecule has 1 aromatic carbocycles. The number of anilines is 1. The van der Waals surface area contributed by atoms with Crippen molar-refractivity contribution in [1.29, 1.82) is 0 Å². The molecule has 80 valence electrons. The summed E-state index contributed by atoms with van der Waals surface area (Å²) in [6.07, 6.45) is 0. The number of benzene rings is 1. The molecule has 0 atom stereocenters. The molecule has 0 aliphatic carbocycles. The first kappa shape index (κ1) is 12.3. The second-order valence-electron chi connectivity index (χ2n) is 3.13. The summed E-state index contributed by atoms with van der Waals surface area (Å²) in [5.41, 5.74) is 1.56. The van der Waals surface area contributed by atoms with Gasteiger partial charge in [-0.05, 0) is 31.2 Å². The van der Waals surface area contributed by atoms with Gasteiger partial charge < -0.3 is 5.32 Å². The van der Waals surface area contributed by atoms with Crippen molar-refractivity contribution in [3.05, 3.63) is 39.5 Å². The molecular weight excluding hydrogens is 277 g/mol. The predicted molar refractivity (Wildman–Crippen MR) is 67.0 cm³/mol. The number of allylic oxidation sites excluding steroid dienone is 2.